The number of aromatic nitrogens is 3. The second kappa shape index (κ2) is 32.1. The monoisotopic (exact) mass is 680 g/mol. The number of nitrogens with zero attached hydrogens (tertiary/aromatic N) is 3. The van der Waals surface area contributed by atoms with Gasteiger partial charge in [0.1, 0.15) is 5.82 Å². The van der Waals surface area contributed by atoms with Gasteiger partial charge in [-0.3, -0.25) is 0 Å². The van der Waals surface area contributed by atoms with E-state index in [1.54, 1.807) is 0 Å². The molecule has 1 rings (SSSR count). The minimum atomic E-state index is 0.279. The molecule has 0 unspecified atom stereocenters. The molecule has 0 aliphatic heterocycles. The van der Waals surface area contributed by atoms with Gasteiger partial charge in [0, 0.05) is 17.7 Å². The zero-order valence-corrected chi connectivity index (χ0v) is 33.6. The van der Waals surface area contributed by atoms with Gasteiger partial charge in [-0.15, -0.1) is 10.2 Å². The Kier molecular flexibility index (Phi) is 30.6. The van der Waals surface area contributed by atoms with E-state index in [0.29, 0.717) is 0 Å². The fourth-order valence-electron chi connectivity index (χ4n) is 6.55. The van der Waals surface area contributed by atoms with Gasteiger partial charge in [-0.2, -0.15) is 0 Å². The van der Waals surface area contributed by atoms with Crippen LogP contribution < -0.4 is 0 Å². The van der Waals surface area contributed by atoms with Crippen molar-refractivity contribution in [2.45, 2.75) is 257 Å². The highest BCUT2D eigenvalue weighted by Gasteiger charge is 2.21. The van der Waals surface area contributed by atoms with Crippen LogP contribution in [0, 0.1) is 0 Å². The van der Waals surface area contributed by atoms with Crippen molar-refractivity contribution in [3.05, 3.63) is 5.82 Å². The van der Waals surface area contributed by atoms with Crippen molar-refractivity contribution in [1.82, 2.24) is 14.8 Å². The maximum Gasteiger partial charge on any atom is 0.201 e. The summed E-state index contributed by atoms with van der Waals surface area (Å²) in [7, 11) is 3.90. The minimum absolute atomic E-state index is 0.279. The number of hydrogen-bond acceptors (Lipinski definition) is 4. The number of aryl methyl sites for hydroxylation is 1. The molecule has 0 atom stereocenters. The van der Waals surface area contributed by atoms with Crippen LogP contribution in [0.3, 0.4) is 0 Å². The molecule has 272 valence electrons. The summed E-state index contributed by atoms with van der Waals surface area (Å²) in [4.78, 5) is 0. The van der Waals surface area contributed by atoms with E-state index in [1.165, 1.54) is 205 Å². The van der Waals surface area contributed by atoms with Gasteiger partial charge < -0.3 is 4.57 Å². The Morgan fingerprint density at radius 3 is 1.26 bits per heavy atom. The first kappa shape index (κ1) is 43.9. The van der Waals surface area contributed by atoms with Crippen LogP contribution in [0.2, 0.25) is 0 Å². The third-order valence-corrected chi connectivity index (χ3v) is 13.0. The molecule has 46 heavy (non-hydrogen) atoms. The van der Waals surface area contributed by atoms with Crippen molar-refractivity contribution in [3.63, 3.8) is 0 Å². The summed E-state index contributed by atoms with van der Waals surface area (Å²) < 4.78 is 2.78. The highest BCUT2D eigenvalue weighted by molar-refractivity contribution is 8.77. The standard InChI is InChI=1S/C41H81N3S2/c1-6-9-12-14-16-18-20-21-22-23-24-26-28-30-32-35-38-44-39(36-33-31-29-27-25-19-17-15-13-10-7-2)42-43-40(44)45-46-41(4,5)37-34-11-8-3/h6-38H2,1-5H3. The third kappa shape index (κ3) is 25.8. The molecule has 1 heterocycles. The van der Waals surface area contributed by atoms with Crippen LogP contribution in [0.4, 0.5) is 0 Å². The molecule has 5 heteroatoms. The Labute approximate surface area is 297 Å². The Balaban J connectivity index is 2.33. The second-order valence-electron chi connectivity index (χ2n) is 15.0. The lowest BCUT2D eigenvalue weighted by Crippen LogP contribution is -2.13. The van der Waals surface area contributed by atoms with Gasteiger partial charge in [0.15, 0.2) is 0 Å². The molecule has 0 spiro atoms. The summed E-state index contributed by atoms with van der Waals surface area (Å²) >= 11 is 0. The Hall–Kier alpha value is -0.160. The summed E-state index contributed by atoms with van der Waals surface area (Å²) in [6.07, 6.45) is 44.4. The van der Waals surface area contributed by atoms with Gasteiger partial charge in [-0.25, -0.2) is 0 Å². The van der Waals surface area contributed by atoms with Crippen LogP contribution in [0.25, 0.3) is 0 Å². The first-order valence-electron chi connectivity index (χ1n) is 20.8. The molecule has 0 N–H and O–H groups in total. The smallest absolute Gasteiger partial charge is 0.201 e. The van der Waals surface area contributed by atoms with E-state index in [4.69, 9.17) is 10.2 Å². The van der Waals surface area contributed by atoms with Crippen LogP contribution in [-0.2, 0) is 13.0 Å². The van der Waals surface area contributed by atoms with Gasteiger partial charge in [0.2, 0.25) is 5.16 Å². The summed E-state index contributed by atoms with van der Waals surface area (Å²) in [6, 6.07) is 0. The molecule has 0 amide bonds. The molecule has 0 saturated carbocycles. The average molecular weight is 680 g/mol. The second-order valence-corrected chi connectivity index (χ2v) is 17.8. The third-order valence-electron chi connectivity index (χ3n) is 9.76. The topological polar surface area (TPSA) is 30.7 Å². The molecule has 3 nitrogen and oxygen atoms in total. The van der Waals surface area contributed by atoms with Crippen LogP contribution >= 0.6 is 21.6 Å². The lowest BCUT2D eigenvalue weighted by molar-refractivity contribution is 0.503. The Bertz CT molecular complexity index is 763. The van der Waals surface area contributed by atoms with E-state index >= 15 is 0 Å². The summed E-state index contributed by atoms with van der Waals surface area (Å²) in [6.45, 7) is 12.8. The van der Waals surface area contributed by atoms with Crippen LogP contribution in [0.15, 0.2) is 5.16 Å². The molecular formula is C41H81N3S2. The van der Waals surface area contributed by atoms with Crippen molar-refractivity contribution in [3.8, 4) is 0 Å². The fraction of sp³-hybridized carbons (Fsp3) is 0.951. The predicted octanol–water partition coefficient (Wildman–Crippen LogP) is 15.5. The summed E-state index contributed by atoms with van der Waals surface area (Å²) in [5.41, 5.74) is 0. The van der Waals surface area contributed by atoms with Crippen molar-refractivity contribution < 1.29 is 0 Å². The van der Waals surface area contributed by atoms with Crippen LogP contribution in [0.1, 0.15) is 239 Å². The largest absolute Gasteiger partial charge is 0.305 e. The molecular weight excluding hydrogens is 599 g/mol. The zero-order valence-electron chi connectivity index (χ0n) is 32.0. The van der Waals surface area contributed by atoms with Crippen LogP contribution in [0.5, 0.6) is 0 Å². The van der Waals surface area contributed by atoms with E-state index in [9.17, 15) is 0 Å². The first-order chi connectivity index (χ1) is 22.5. The maximum absolute atomic E-state index is 4.75. The van der Waals surface area contributed by atoms with E-state index < -0.39 is 0 Å². The minimum Gasteiger partial charge on any atom is -0.305 e. The summed E-state index contributed by atoms with van der Waals surface area (Å²) in [5.74, 6) is 1.24. The Morgan fingerprint density at radius 2 is 0.826 bits per heavy atom. The van der Waals surface area contributed by atoms with E-state index in [2.05, 4.69) is 39.2 Å². The molecule has 0 fully saturated rings. The number of rotatable bonds is 36. The maximum atomic E-state index is 4.75. The van der Waals surface area contributed by atoms with Crippen LogP contribution in [-0.4, -0.2) is 19.5 Å². The van der Waals surface area contributed by atoms with Gasteiger partial charge in [0.05, 0.1) is 0 Å². The predicted molar refractivity (Wildman–Crippen MR) is 211 cm³/mol. The molecule has 0 bridgehead atoms. The van der Waals surface area contributed by atoms with Gasteiger partial charge in [-0.1, -0.05) is 211 Å². The SMILES string of the molecule is CCCCCCCCCCCCCCCCCCn1c(CCCCCCCCCCCCC)nnc1SSC(C)(C)CCCCC. The van der Waals surface area contributed by atoms with Crippen molar-refractivity contribution in [2.24, 2.45) is 0 Å². The zero-order chi connectivity index (χ0) is 33.4. The fourth-order valence-corrected chi connectivity index (χ4v) is 8.96. The molecule has 0 aliphatic carbocycles. The van der Waals surface area contributed by atoms with Gasteiger partial charge >= 0.3 is 0 Å². The summed E-state index contributed by atoms with van der Waals surface area (Å²) in [5, 5.41) is 10.6. The van der Waals surface area contributed by atoms with E-state index in [0.717, 1.165) is 18.1 Å². The van der Waals surface area contributed by atoms with Gasteiger partial charge in [0.25, 0.3) is 0 Å². The van der Waals surface area contributed by atoms with E-state index in [1.807, 2.05) is 21.6 Å². The molecule has 1 aromatic rings. The highest BCUT2D eigenvalue weighted by atomic mass is 33.1. The molecule has 0 radical (unpaired) electrons. The number of hydrogen-bond donors (Lipinski definition) is 0. The first-order valence-corrected chi connectivity index (χ1v) is 23.0. The molecule has 0 saturated heterocycles. The molecule has 0 aromatic carbocycles. The highest BCUT2D eigenvalue weighted by Crippen LogP contribution is 2.43. The normalized spacial score (nSPS) is 12.0. The average Bonchev–Trinajstić information content (AvgIpc) is 3.43. The van der Waals surface area contributed by atoms with Crippen molar-refractivity contribution in [1.29, 1.82) is 0 Å². The van der Waals surface area contributed by atoms with Gasteiger partial charge in [-0.05, 0) is 43.9 Å². The number of unbranched alkanes of at least 4 members (excludes halogenated alkanes) is 27. The van der Waals surface area contributed by atoms with E-state index in [-0.39, 0.29) is 4.75 Å². The molecule has 0 aliphatic rings. The van der Waals surface area contributed by atoms with Crippen molar-refractivity contribution in [2.75, 3.05) is 0 Å². The lowest BCUT2D eigenvalue weighted by Gasteiger charge is -2.22. The molecule has 1 aromatic heterocycles. The quantitative estimate of drug-likeness (QED) is 0.0522. The lowest BCUT2D eigenvalue weighted by atomic mass is 10.0. The van der Waals surface area contributed by atoms with Crippen molar-refractivity contribution >= 4 is 21.6 Å². The Morgan fingerprint density at radius 1 is 0.457 bits per heavy atom.